The third-order valence-electron chi connectivity index (χ3n) is 3.73. The minimum absolute atomic E-state index is 0.226. The molecule has 2 aromatic carbocycles. The van der Waals surface area contributed by atoms with Gasteiger partial charge in [-0.1, -0.05) is 60.7 Å². The molecule has 0 atom stereocenters. The molecule has 3 aromatic rings. The maximum atomic E-state index is 12.7. The SMILES string of the molecule is O=C(O)c1ccc(C=NNC(=O)C(c2ccccc2)c2ccccc2)s1. The number of aromatic carboxylic acids is 1. The second kappa shape index (κ2) is 8.22. The maximum Gasteiger partial charge on any atom is 0.345 e. The Balaban J connectivity index is 1.77. The average molecular weight is 364 g/mol. The summed E-state index contributed by atoms with van der Waals surface area (Å²) in [5, 5.41) is 12.9. The molecule has 0 spiro atoms. The number of hydrogen-bond donors (Lipinski definition) is 2. The number of carbonyl (C=O) groups excluding carboxylic acids is 1. The number of nitrogens with one attached hydrogen (secondary N) is 1. The van der Waals surface area contributed by atoms with Gasteiger partial charge in [-0.2, -0.15) is 5.10 Å². The quantitative estimate of drug-likeness (QED) is 0.517. The van der Waals surface area contributed by atoms with Gasteiger partial charge in [0.15, 0.2) is 0 Å². The van der Waals surface area contributed by atoms with Crippen molar-refractivity contribution in [1.82, 2.24) is 5.43 Å². The van der Waals surface area contributed by atoms with E-state index < -0.39 is 11.9 Å². The molecule has 130 valence electrons. The van der Waals surface area contributed by atoms with Crippen molar-refractivity contribution < 1.29 is 14.7 Å². The maximum absolute atomic E-state index is 12.7. The molecule has 1 heterocycles. The van der Waals surface area contributed by atoms with Crippen LogP contribution < -0.4 is 5.43 Å². The van der Waals surface area contributed by atoms with Crippen molar-refractivity contribution in [2.24, 2.45) is 5.10 Å². The number of carboxylic acid groups (broad SMARTS) is 1. The molecule has 5 nitrogen and oxygen atoms in total. The predicted octanol–water partition coefficient (Wildman–Crippen LogP) is 3.73. The molecule has 0 radical (unpaired) electrons. The molecule has 0 bridgehead atoms. The summed E-state index contributed by atoms with van der Waals surface area (Å²) < 4.78 is 0. The zero-order valence-corrected chi connectivity index (χ0v) is 14.5. The summed E-state index contributed by atoms with van der Waals surface area (Å²) in [4.78, 5) is 24.5. The molecule has 2 N–H and O–H groups in total. The highest BCUT2D eigenvalue weighted by molar-refractivity contribution is 7.15. The van der Waals surface area contributed by atoms with Crippen LogP contribution in [0.3, 0.4) is 0 Å². The summed E-state index contributed by atoms with van der Waals surface area (Å²) >= 11 is 1.09. The average Bonchev–Trinajstić information content (AvgIpc) is 3.13. The number of rotatable bonds is 6. The topological polar surface area (TPSA) is 78.8 Å². The molecule has 0 fully saturated rings. The van der Waals surface area contributed by atoms with Gasteiger partial charge in [0, 0.05) is 4.88 Å². The fourth-order valence-electron chi connectivity index (χ4n) is 2.55. The fraction of sp³-hybridized carbons (Fsp3) is 0.0500. The highest BCUT2D eigenvalue weighted by Crippen LogP contribution is 2.24. The Morgan fingerprint density at radius 1 is 0.923 bits per heavy atom. The first-order valence-electron chi connectivity index (χ1n) is 7.91. The number of hydrazone groups is 1. The summed E-state index contributed by atoms with van der Waals surface area (Å²) in [7, 11) is 0. The molecular formula is C20H16N2O3S. The molecular weight excluding hydrogens is 348 g/mol. The third-order valence-corrected chi connectivity index (χ3v) is 4.74. The standard InChI is InChI=1S/C20H16N2O3S/c23-19(22-21-13-16-11-12-17(26-16)20(24)25)18(14-7-3-1-4-8-14)15-9-5-2-6-10-15/h1-13,18H,(H,22,23)(H,24,25). The molecule has 0 aliphatic heterocycles. The number of hydrogen-bond acceptors (Lipinski definition) is 4. The zero-order valence-electron chi connectivity index (χ0n) is 13.7. The summed E-state index contributed by atoms with van der Waals surface area (Å²) in [6, 6.07) is 22.1. The molecule has 0 unspecified atom stereocenters. The van der Waals surface area contributed by atoms with Crippen molar-refractivity contribution in [3.63, 3.8) is 0 Å². The zero-order chi connectivity index (χ0) is 18.4. The Bertz CT molecular complexity index is 881. The van der Waals surface area contributed by atoms with Crippen LogP contribution >= 0.6 is 11.3 Å². The van der Waals surface area contributed by atoms with E-state index in [0.717, 1.165) is 22.5 Å². The molecule has 1 amide bonds. The van der Waals surface area contributed by atoms with Crippen LogP contribution in [0.4, 0.5) is 0 Å². The molecule has 26 heavy (non-hydrogen) atoms. The third kappa shape index (κ3) is 4.23. The summed E-state index contributed by atoms with van der Waals surface area (Å²) in [5.74, 6) is -1.71. The van der Waals surface area contributed by atoms with E-state index in [1.807, 2.05) is 60.7 Å². The molecule has 0 saturated heterocycles. The van der Waals surface area contributed by atoms with Gasteiger partial charge in [-0.3, -0.25) is 4.79 Å². The molecule has 0 saturated carbocycles. The van der Waals surface area contributed by atoms with E-state index in [1.54, 1.807) is 6.07 Å². The van der Waals surface area contributed by atoms with E-state index in [0.29, 0.717) is 4.88 Å². The van der Waals surface area contributed by atoms with Crippen LogP contribution in [0.1, 0.15) is 31.6 Å². The molecule has 1 aromatic heterocycles. The predicted molar refractivity (Wildman–Crippen MR) is 102 cm³/mol. The van der Waals surface area contributed by atoms with Crippen LogP contribution in [0.5, 0.6) is 0 Å². The van der Waals surface area contributed by atoms with Crippen LogP contribution in [0.2, 0.25) is 0 Å². The van der Waals surface area contributed by atoms with Crippen LogP contribution in [-0.4, -0.2) is 23.2 Å². The van der Waals surface area contributed by atoms with Crippen LogP contribution in [0.15, 0.2) is 77.9 Å². The highest BCUT2D eigenvalue weighted by Gasteiger charge is 2.22. The van der Waals surface area contributed by atoms with Crippen molar-refractivity contribution in [3.05, 3.63) is 93.7 Å². The van der Waals surface area contributed by atoms with Crippen molar-refractivity contribution in [1.29, 1.82) is 0 Å². The van der Waals surface area contributed by atoms with Gasteiger partial charge in [-0.05, 0) is 23.3 Å². The van der Waals surface area contributed by atoms with Gasteiger partial charge in [0.2, 0.25) is 0 Å². The molecule has 6 heteroatoms. The van der Waals surface area contributed by atoms with Crippen molar-refractivity contribution in [2.45, 2.75) is 5.92 Å². The van der Waals surface area contributed by atoms with Gasteiger partial charge in [0.1, 0.15) is 4.88 Å². The van der Waals surface area contributed by atoms with Gasteiger partial charge < -0.3 is 5.11 Å². The summed E-state index contributed by atoms with van der Waals surface area (Å²) in [6.45, 7) is 0. The Labute approximate surface area is 154 Å². The molecule has 3 rings (SSSR count). The van der Waals surface area contributed by atoms with Crippen molar-refractivity contribution >= 4 is 29.4 Å². The van der Waals surface area contributed by atoms with Crippen LogP contribution in [0.25, 0.3) is 0 Å². The van der Waals surface area contributed by atoms with Gasteiger partial charge in [-0.15, -0.1) is 11.3 Å². The number of amides is 1. The first-order valence-corrected chi connectivity index (χ1v) is 8.73. The second-order valence-corrected chi connectivity index (χ2v) is 6.61. The lowest BCUT2D eigenvalue weighted by molar-refractivity contribution is -0.121. The minimum atomic E-state index is -0.980. The molecule has 0 aliphatic rings. The van der Waals surface area contributed by atoms with E-state index in [4.69, 9.17) is 5.11 Å². The Morgan fingerprint density at radius 2 is 1.50 bits per heavy atom. The number of carbonyl (C=O) groups is 2. The van der Waals surface area contributed by atoms with Gasteiger partial charge in [-0.25, -0.2) is 10.2 Å². The number of nitrogens with zero attached hydrogens (tertiary/aromatic N) is 1. The van der Waals surface area contributed by atoms with Crippen molar-refractivity contribution in [3.8, 4) is 0 Å². The Morgan fingerprint density at radius 3 is 2.00 bits per heavy atom. The lowest BCUT2D eigenvalue weighted by Gasteiger charge is -2.16. The fourth-order valence-corrected chi connectivity index (χ4v) is 3.27. The summed E-state index contributed by atoms with van der Waals surface area (Å²) in [6.07, 6.45) is 1.45. The van der Waals surface area contributed by atoms with E-state index in [9.17, 15) is 9.59 Å². The normalized spacial score (nSPS) is 11.0. The minimum Gasteiger partial charge on any atom is -0.477 e. The van der Waals surface area contributed by atoms with E-state index in [2.05, 4.69) is 10.5 Å². The number of carboxylic acids is 1. The highest BCUT2D eigenvalue weighted by atomic mass is 32.1. The summed E-state index contributed by atoms with van der Waals surface area (Å²) in [5.41, 5.74) is 4.30. The van der Waals surface area contributed by atoms with E-state index >= 15 is 0 Å². The molecule has 0 aliphatic carbocycles. The monoisotopic (exact) mass is 364 g/mol. The largest absolute Gasteiger partial charge is 0.477 e. The lowest BCUT2D eigenvalue weighted by Crippen LogP contribution is -2.26. The van der Waals surface area contributed by atoms with E-state index in [1.165, 1.54) is 12.3 Å². The lowest BCUT2D eigenvalue weighted by atomic mass is 9.91. The van der Waals surface area contributed by atoms with Crippen LogP contribution in [0, 0.1) is 0 Å². The smallest absolute Gasteiger partial charge is 0.345 e. The Kier molecular flexibility index (Phi) is 5.56. The van der Waals surface area contributed by atoms with Crippen LogP contribution in [-0.2, 0) is 4.79 Å². The first-order chi connectivity index (χ1) is 12.6. The van der Waals surface area contributed by atoms with Gasteiger partial charge in [0.05, 0.1) is 12.1 Å². The number of thiophene rings is 1. The second-order valence-electron chi connectivity index (χ2n) is 5.50. The van der Waals surface area contributed by atoms with Crippen molar-refractivity contribution in [2.75, 3.05) is 0 Å². The Hall–Kier alpha value is -3.25. The van der Waals surface area contributed by atoms with E-state index in [-0.39, 0.29) is 10.8 Å². The van der Waals surface area contributed by atoms with Gasteiger partial charge >= 0.3 is 5.97 Å². The number of benzene rings is 2. The first kappa shape index (κ1) is 17.6. The van der Waals surface area contributed by atoms with Gasteiger partial charge in [0.25, 0.3) is 5.91 Å².